The Morgan fingerprint density at radius 2 is 2.05 bits per heavy atom. The van der Waals surface area contributed by atoms with Crippen LogP contribution >= 0.6 is 0 Å². The molecule has 8 heteroatoms. The van der Waals surface area contributed by atoms with E-state index < -0.39 is 12.0 Å². The summed E-state index contributed by atoms with van der Waals surface area (Å²) in [7, 11) is 0. The van der Waals surface area contributed by atoms with Crippen molar-refractivity contribution >= 4 is 11.5 Å². The Labute approximate surface area is 119 Å². The number of nitrogens with zero attached hydrogens (tertiary/aromatic N) is 5. The van der Waals surface area contributed by atoms with E-state index in [1.807, 2.05) is 0 Å². The molecule has 3 rings (SSSR count). The lowest BCUT2D eigenvalue weighted by Crippen LogP contribution is -2.39. The number of piperidine rings is 1. The van der Waals surface area contributed by atoms with Crippen LogP contribution in [0, 0.1) is 0 Å². The van der Waals surface area contributed by atoms with Crippen molar-refractivity contribution in [1.29, 1.82) is 0 Å². The zero-order valence-corrected chi connectivity index (χ0v) is 11.6. The minimum Gasteiger partial charge on any atom is -0.352 e. The molecule has 1 fully saturated rings. The van der Waals surface area contributed by atoms with E-state index in [-0.39, 0.29) is 5.65 Å². The number of alkyl halides is 3. The Bertz CT molecular complexity index is 636. The molecule has 5 nitrogen and oxygen atoms in total. The maximum absolute atomic E-state index is 12.9. The molecule has 0 amide bonds. The van der Waals surface area contributed by atoms with Crippen LogP contribution in [0.5, 0.6) is 0 Å². The number of hydrogen-bond acceptors (Lipinski definition) is 4. The zero-order chi connectivity index (χ0) is 15.0. The lowest BCUT2D eigenvalue weighted by molar-refractivity contribution is -0.146. The molecule has 114 valence electrons. The predicted molar refractivity (Wildman–Crippen MR) is 71.1 cm³/mol. The average molecular weight is 299 g/mol. The molecular weight excluding hydrogens is 283 g/mol. The minimum atomic E-state index is -4.56. The Morgan fingerprint density at radius 1 is 1.24 bits per heavy atom. The van der Waals surface area contributed by atoms with Crippen LogP contribution in [0.15, 0.2) is 12.1 Å². The summed E-state index contributed by atoms with van der Waals surface area (Å²) in [6.07, 6.45) is -0.377. The molecule has 0 N–H and O–H groups in total. The number of anilines is 1. The number of aromatic nitrogens is 4. The molecule has 21 heavy (non-hydrogen) atoms. The third-order valence-corrected chi connectivity index (χ3v) is 3.89. The summed E-state index contributed by atoms with van der Waals surface area (Å²) in [6, 6.07) is 3.58. The molecule has 2 aromatic heterocycles. The Hall–Kier alpha value is -1.86. The van der Waals surface area contributed by atoms with Gasteiger partial charge in [-0.3, -0.25) is 0 Å². The van der Waals surface area contributed by atoms with E-state index in [9.17, 15) is 13.2 Å². The second-order valence-corrected chi connectivity index (χ2v) is 5.23. The van der Waals surface area contributed by atoms with E-state index in [1.165, 1.54) is 6.07 Å². The van der Waals surface area contributed by atoms with Gasteiger partial charge in [-0.1, -0.05) is 6.92 Å². The third kappa shape index (κ3) is 2.54. The molecule has 0 radical (unpaired) electrons. The van der Waals surface area contributed by atoms with Gasteiger partial charge in [0.05, 0.1) is 0 Å². The summed E-state index contributed by atoms with van der Waals surface area (Å²) in [5, 5.41) is 10.8. The highest BCUT2D eigenvalue weighted by atomic mass is 19.4. The van der Waals surface area contributed by atoms with Gasteiger partial charge in [0, 0.05) is 12.6 Å². The van der Waals surface area contributed by atoms with Crippen molar-refractivity contribution in [2.45, 2.75) is 44.8 Å². The summed E-state index contributed by atoms with van der Waals surface area (Å²) >= 11 is 0. The molecular formula is C13H16F3N5. The van der Waals surface area contributed by atoms with E-state index in [0.717, 1.165) is 36.7 Å². The van der Waals surface area contributed by atoms with Gasteiger partial charge in [-0.15, -0.1) is 15.3 Å². The first-order valence-corrected chi connectivity index (χ1v) is 7.07. The lowest BCUT2D eigenvalue weighted by atomic mass is 10.0. The van der Waals surface area contributed by atoms with Crippen LogP contribution in [0.1, 0.15) is 38.4 Å². The summed E-state index contributed by atoms with van der Waals surface area (Å²) in [5.41, 5.74) is 0.108. The zero-order valence-electron chi connectivity index (χ0n) is 11.6. The van der Waals surface area contributed by atoms with Crippen molar-refractivity contribution in [3.05, 3.63) is 18.0 Å². The smallest absolute Gasteiger partial charge is 0.352 e. The normalized spacial score (nSPS) is 20.2. The van der Waals surface area contributed by atoms with Gasteiger partial charge < -0.3 is 4.90 Å². The van der Waals surface area contributed by atoms with E-state index in [0.29, 0.717) is 11.9 Å². The standard InChI is InChI=1S/C13H16F3N5/c1-2-9-5-3-4-8-20(9)11-7-6-10-17-18-12(13(14,15)16)21(10)19-11/h6-7,9H,2-5,8H2,1H3. The SMILES string of the molecule is CCC1CCCCN1c1ccc2nnc(C(F)(F)F)n2n1. The van der Waals surface area contributed by atoms with Crippen molar-refractivity contribution in [3.63, 3.8) is 0 Å². The highest BCUT2D eigenvalue weighted by molar-refractivity contribution is 5.47. The van der Waals surface area contributed by atoms with Gasteiger partial charge in [0.2, 0.25) is 0 Å². The predicted octanol–water partition coefficient (Wildman–Crippen LogP) is 2.91. The molecule has 1 saturated heterocycles. The lowest BCUT2D eigenvalue weighted by Gasteiger charge is -2.36. The first-order chi connectivity index (χ1) is 10.0. The molecule has 3 heterocycles. The molecule has 0 saturated carbocycles. The van der Waals surface area contributed by atoms with Crippen LogP contribution in [-0.4, -0.2) is 32.4 Å². The maximum atomic E-state index is 12.9. The molecule has 2 aromatic rings. The number of rotatable bonds is 2. The third-order valence-electron chi connectivity index (χ3n) is 3.89. The quantitative estimate of drug-likeness (QED) is 0.855. The molecule has 0 aromatic carbocycles. The second-order valence-electron chi connectivity index (χ2n) is 5.23. The number of fused-ring (bicyclic) bond motifs is 1. The van der Waals surface area contributed by atoms with Gasteiger partial charge in [0.25, 0.3) is 5.82 Å². The fraction of sp³-hybridized carbons (Fsp3) is 0.615. The van der Waals surface area contributed by atoms with Crippen molar-refractivity contribution in [1.82, 2.24) is 19.8 Å². The van der Waals surface area contributed by atoms with Crippen molar-refractivity contribution in [3.8, 4) is 0 Å². The van der Waals surface area contributed by atoms with E-state index in [1.54, 1.807) is 6.07 Å². The van der Waals surface area contributed by atoms with Gasteiger partial charge in [-0.05, 0) is 37.8 Å². The van der Waals surface area contributed by atoms with Crippen LogP contribution in [0.3, 0.4) is 0 Å². The maximum Gasteiger partial charge on any atom is 0.453 e. The second kappa shape index (κ2) is 5.16. The summed E-state index contributed by atoms with van der Waals surface area (Å²) in [5.74, 6) is -0.524. The van der Waals surface area contributed by atoms with Crippen LogP contribution in [0.2, 0.25) is 0 Å². The Balaban J connectivity index is 2.03. The van der Waals surface area contributed by atoms with Crippen LogP contribution < -0.4 is 4.90 Å². The molecule has 1 unspecified atom stereocenters. The number of halogens is 3. The van der Waals surface area contributed by atoms with Gasteiger partial charge >= 0.3 is 6.18 Å². The van der Waals surface area contributed by atoms with E-state index >= 15 is 0 Å². The highest BCUT2D eigenvalue weighted by Gasteiger charge is 2.38. The first-order valence-electron chi connectivity index (χ1n) is 7.07. The molecule has 0 spiro atoms. The van der Waals surface area contributed by atoms with Gasteiger partial charge in [-0.2, -0.15) is 17.7 Å². The largest absolute Gasteiger partial charge is 0.453 e. The van der Waals surface area contributed by atoms with Crippen LogP contribution in [0.25, 0.3) is 5.65 Å². The van der Waals surface area contributed by atoms with Crippen LogP contribution in [0.4, 0.5) is 19.0 Å². The van der Waals surface area contributed by atoms with Crippen molar-refractivity contribution < 1.29 is 13.2 Å². The van der Waals surface area contributed by atoms with Gasteiger partial charge in [0.1, 0.15) is 5.82 Å². The van der Waals surface area contributed by atoms with Crippen molar-refractivity contribution in [2.24, 2.45) is 0 Å². The van der Waals surface area contributed by atoms with Gasteiger partial charge in [-0.25, -0.2) is 0 Å². The number of hydrogen-bond donors (Lipinski definition) is 0. The Kier molecular flexibility index (Phi) is 3.46. The van der Waals surface area contributed by atoms with Gasteiger partial charge in [0.15, 0.2) is 5.65 Å². The molecule has 0 bridgehead atoms. The molecule has 1 aliphatic rings. The summed E-state index contributed by atoms with van der Waals surface area (Å²) < 4.78 is 39.5. The van der Waals surface area contributed by atoms with E-state index in [2.05, 4.69) is 27.1 Å². The highest BCUT2D eigenvalue weighted by Crippen LogP contribution is 2.29. The molecule has 0 aliphatic carbocycles. The van der Waals surface area contributed by atoms with Crippen LogP contribution in [-0.2, 0) is 6.18 Å². The summed E-state index contributed by atoms with van der Waals surface area (Å²) in [6.45, 7) is 2.90. The fourth-order valence-corrected chi connectivity index (χ4v) is 2.84. The topological polar surface area (TPSA) is 46.3 Å². The molecule has 1 aliphatic heterocycles. The summed E-state index contributed by atoms with van der Waals surface area (Å²) in [4.78, 5) is 2.09. The average Bonchev–Trinajstić information content (AvgIpc) is 2.90. The monoisotopic (exact) mass is 299 g/mol. The van der Waals surface area contributed by atoms with Crippen molar-refractivity contribution in [2.75, 3.05) is 11.4 Å². The molecule has 1 atom stereocenters. The minimum absolute atomic E-state index is 0.108. The fourth-order valence-electron chi connectivity index (χ4n) is 2.84. The Morgan fingerprint density at radius 3 is 2.76 bits per heavy atom. The van der Waals surface area contributed by atoms with E-state index in [4.69, 9.17) is 0 Å². The first kappa shape index (κ1) is 14.1.